The highest BCUT2D eigenvalue weighted by molar-refractivity contribution is 6.31. The van der Waals surface area contributed by atoms with Crippen molar-refractivity contribution >= 4 is 29.4 Å². The number of hydrogen-bond donors (Lipinski definition) is 4. The van der Waals surface area contributed by atoms with Gasteiger partial charge in [-0.2, -0.15) is 0 Å². The lowest BCUT2D eigenvalue weighted by atomic mass is 9.95. The topological polar surface area (TPSA) is 143 Å². The van der Waals surface area contributed by atoms with E-state index in [4.69, 9.17) is 22.1 Å². The summed E-state index contributed by atoms with van der Waals surface area (Å²) < 4.78 is 20.0. The molecule has 10 heteroatoms. The molecule has 0 radical (unpaired) electrons. The van der Waals surface area contributed by atoms with Crippen LogP contribution in [-0.4, -0.2) is 27.1 Å². The predicted octanol–water partition coefficient (Wildman–Crippen LogP) is 3.39. The minimum Gasteiger partial charge on any atom is -0.486 e. The number of rotatable bonds is 6. The van der Waals surface area contributed by atoms with Gasteiger partial charge in [-0.1, -0.05) is 35.9 Å². The van der Waals surface area contributed by atoms with Crippen molar-refractivity contribution < 1.29 is 28.9 Å². The molecule has 1 heterocycles. The Balaban J connectivity index is 2.07. The van der Waals surface area contributed by atoms with E-state index in [1.165, 1.54) is 12.1 Å². The number of nitrogens with two attached hydrogens (primary N) is 1. The quantitative estimate of drug-likeness (QED) is 0.467. The first-order valence-electron chi connectivity index (χ1n) is 8.39. The molecule has 0 bridgehead atoms. The van der Waals surface area contributed by atoms with E-state index in [-0.39, 0.29) is 17.9 Å². The van der Waals surface area contributed by atoms with E-state index < -0.39 is 45.8 Å². The van der Waals surface area contributed by atoms with Gasteiger partial charge in [-0.3, -0.25) is 4.79 Å². The number of carbonyl (C=O) groups is 2. The van der Waals surface area contributed by atoms with Crippen LogP contribution in [0.25, 0.3) is 11.1 Å². The van der Waals surface area contributed by atoms with E-state index in [0.29, 0.717) is 10.6 Å². The minimum atomic E-state index is -1.69. The van der Waals surface area contributed by atoms with Gasteiger partial charge in [0.25, 0.3) is 5.56 Å². The molecule has 0 fully saturated rings. The first-order chi connectivity index (χ1) is 14.2. The van der Waals surface area contributed by atoms with Crippen LogP contribution in [0.15, 0.2) is 47.3 Å². The summed E-state index contributed by atoms with van der Waals surface area (Å²) in [6.45, 7) is -0.0331. The van der Waals surface area contributed by atoms with Crippen molar-refractivity contribution in [1.82, 2.24) is 4.98 Å². The maximum absolute atomic E-state index is 14.6. The number of nitrogens with one attached hydrogen (secondary N) is 1. The first kappa shape index (κ1) is 20.9. The van der Waals surface area contributed by atoms with Crippen LogP contribution in [0, 0.1) is 5.82 Å². The number of carboxylic acids is 2. The van der Waals surface area contributed by atoms with Crippen molar-refractivity contribution in [3.63, 3.8) is 0 Å². The van der Waals surface area contributed by atoms with Gasteiger partial charge in [0, 0.05) is 16.1 Å². The van der Waals surface area contributed by atoms with E-state index in [1.807, 2.05) is 4.98 Å². The van der Waals surface area contributed by atoms with E-state index in [0.717, 1.165) is 6.07 Å². The molecule has 3 aromatic rings. The van der Waals surface area contributed by atoms with Gasteiger partial charge in [-0.15, -0.1) is 0 Å². The molecular formula is C20H14ClFN2O6. The van der Waals surface area contributed by atoms with Crippen molar-refractivity contribution in [3.8, 4) is 16.9 Å². The molecular weight excluding hydrogens is 419 g/mol. The Morgan fingerprint density at radius 1 is 1.10 bits per heavy atom. The third-order valence-corrected chi connectivity index (χ3v) is 4.60. The molecule has 0 aliphatic rings. The number of benzene rings is 2. The molecule has 1 aromatic heterocycles. The fourth-order valence-electron chi connectivity index (χ4n) is 2.88. The molecule has 8 nitrogen and oxygen atoms in total. The summed E-state index contributed by atoms with van der Waals surface area (Å²) in [6.07, 6.45) is 0. The average Bonchev–Trinajstić information content (AvgIpc) is 2.66. The molecule has 0 atom stereocenters. The number of aromatic amines is 1. The molecule has 0 aliphatic carbocycles. The second kappa shape index (κ2) is 8.26. The zero-order valence-corrected chi connectivity index (χ0v) is 15.9. The standard InChI is InChI=1S/C20H14ClFN2O6/c21-11-4-2-1-3-10(11)8-30-13-6-5-9(7-12(13)22)14-15(19(26)27)17(23)24-18(25)16(14)20(28)29/h1-7H,8H2,(H,26,27)(H,28,29)(H3,23,24,25). The number of halogens is 2. The summed E-state index contributed by atoms with van der Waals surface area (Å²) in [4.78, 5) is 37.2. The summed E-state index contributed by atoms with van der Waals surface area (Å²) in [7, 11) is 0. The highest BCUT2D eigenvalue weighted by Crippen LogP contribution is 2.32. The minimum absolute atomic E-state index is 0.0331. The fourth-order valence-corrected chi connectivity index (χ4v) is 3.07. The normalized spacial score (nSPS) is 10.6. The predicted molar refractivity (Wildman–Crippen MR) is 107 cm³/mol. The highest BCUT2D eigenvalue weighted by atomic mass is 35.5. The number of carboxylic acid groups (broad SMARTS) is 2. The fraction of sp³-hybridized carbons (Fsp3) is 0.0500. The molecule has 0 spiro atoms. The Kier molecular flexibility index (Phi) is 5.74. The molecule has 0 amide bonds. The molecule has 0 unspecified atom stereocenters. The maximum atomic E-state index is 14.6. The van der Waals surface area contributed by atoms with Crippen molar-refractivity contribution in [2.75, 3.05) is 5.73 Å². The van der Waals surface area contributed by atoms with Gasteiger partial charge in [-0.05, 0) is 23.8 Å². The van der Waals surface area contributed by atoms with E-state index in [1.54, 1.807) is 24.3 Å². The summed E-state index contributed by atoms with van der Waals surface area (Å²) >= 11 is 6.03. The van der Waals surface area contributed by atoms with E-state index in [9.17, 15) is 29.0 Å². The largest absolute Gasteiger partial charge is 0.486 e. The molecule has 30 heavy (non-hydrogen) atoms. The van der Waals surface area contributed by atoms with Gasteiger partial charge in [0.1, 0.15) is 23.6 Å². The van der Waals surface area contributed by atoms with Crippen LogP contribution in [0.3, 0.4) is 0 Å². The Labute approximate surface area is 173 Å². The van der Waals surface area contributed by atoms with Crippen LogP contribution in [0.4, 0.5) is 10.2 Å². The second-order valence-corrected chi connectivity index (χ2v) is 6.54. The van der Waals surface area contributed by atoms with Crippen molar-refractivity contribution in [2.24, 2.45) is 0 Å². The van der Waals surface area contributed by atoms with E-state index >= 15 is 0 Å². The zero-order valence-electron chi connectivity index (χ0n) is 15.1. The number of pyridine rings is 1. The molecule has 5 N–H and O–H groups in total. The van der Waals surface area contributed by atoms with Gasteiger partial charge in [0.05, 0.1) is 0 Å². The summed E-state index contributed by atoms with van der Waals surface area (Å²) in [5.74, 6) is -4.89. The van der Waals surface area contributed by atoms with Crippen molar-refractivity contribution in [2.45, 2.75) is 6.61 Å². The van der Waals surface area contributed by atoms with Crippen molar-refractivity contribution in [1.29, 1.82) is 0 Å². The number of H-pyrrole nitrogens is 1. The number of aromatic carboxylic acids is 2. The van der Waals surface area contributed by atoms with Crippen LogP contribution in [0.5, 0.6) is 5.75 Å². The van der Waals surface area contributed by atoms with Crippen LogP contribution in [0.2, 0.25) is 5.02 Å². The molecule has 3 rings (SSSR count). The SMILES string of the molecule is Nc1[nH]c(=O)c(C(=O)O)c(-c2ccc(OCc3ccccc3Cl)c(F)c2)c1C(=O)O. The van der Waals surface area contributed by atoms with Crippen molar-refractivity contribution in [3.05, 3.63) is 80.3 Å². The number of anilines is 1. The van der Waals surface area contributed by atoms with Gasteiger partial charge in [-0.25, -0.2) is 14.0 Å². The van der Waals surface area contributed by atoms with Crippen LogP contribution < -0.4 is 16.0 Å². The summed E-state index contributed by atoms with van der Waals surface area (Å²) in [6, 6.07) is 10.1. The third-order valence-electron chi connectivity index (χ3n) is 4.23. The first-order valence-corrected chi connectivity index (χ1v) is 8.77. The zero-order chi connectivity index (χ0) is 22.0. The highest BCUT2D eigenvalue weighted by Gasteiger charge is 2.27. The molecule has 0 saturated heterocycles. The van der Waals surface area contributed by atoms with Gasteiger partial charge in [0.2, 0.25) is 0 Å². The Bertz CT molecular complexity index is 1220. The van der Waals surface area contributed by atoms with Crippen LogP contribution >= 0.6 is 11.6 Å². The molecule has 0 saturated carbocycles. The summed E-state index contributed by atoms with van der Waals surface area (Å²) in [5.41, 5.74) is 2.87. The van der Waals surface area contributed by atoms with Gasteiger partial charge >= 0.3 is 11.9 Å². The maximum Gasteiger partial charge on any atom is 0.342 e. The van der Waals surface area contributed by atoms with Crippen LogP contribution in [-0.2, 0) is 6.61 Å². The number of hydrogen-bond acceptors (Lipinski definition) is 5. The summed E-state index contributed by atoms with van der Waals surface area (Å²) in [5, 5.41) is 19.3. The Hall–Kier alpha value is -3.85. The lowest BCUT2D eigenvalue weighted by molar-refractivity contribution is 0.0695. The lowest BCUT2D eigenvalue weighted by Crippen LogP contribution is -2.24. The van der Waals surface area contributed by atoms with E-state index in [2.05, 4.69) is 0 Å². The molecule has 2 aromatic carbocycles. The number of aromatic nitrogens is 1. The smallest absolute Gasteiger partial charge is 0.342 e. The Morgan fingerprint density at radius 2 is 1.77 bits per heavy atom. The van der Waals surface area contributed by atoms with Crippen LogP contribution in [0.1, 0.15) is 26.3 Å². The van der Waals surface area contributed by atoms with Gasteiger partial charge < -0.3 is 25.7 Å². The van der Waals surface area contributed by atoms with Gasteiger partial charge in [0.15, 0.2) is 11.6 Å². The molecule has 154 valence electrons. The average molecular weight is 433 g/mol. The number of nitrogen functional groups attached to an aromatic ring is 1. The monoisotopic (exact) mass is 432 g/mol. The second-order valence-electron chi connectivity index (χ2n) is 6.13. The Morgan fingerprint density at radius 3 is 2.37 bits per heavy atom. The number of ether oxygens (including phenoxy) is 1. The third kappa shape index (κ3) is 3.96. The lowest BCUT2D eigenvalue weighted by Gasteiger charge is -2.14. The molecule has 0 aliphatic heterocycles.